The van der Waals surface area contributed by atoms with Crippen LogP contribution in [0.25, 0.3) is 5.57 Å². The monoisotopic (exact) mass is 369 g/mol. The third kappa shape index (κ3) is 4.79. The van der Waals surface area contributed by atoms with Gasteiger partial charge in [0.15, 0.2) is 0 Å². The molecule has 0 N–H and O–H groups in total. The molecule has 0 heterocycles. The molecule has 0 amide bonds. The van der Waals surface area contributed by atoms with Crippen LogP contribution >= 0.6 is 0 Å². The van der Waals surface area contributed by atoms with Crippen molar-refractivity contribution in [2.24, 2.45) is 4.99 Å². The number of benzene rings is 4. The van der Waals surface area contributed by atoms with Gasteiger partial charge in [0.2, 0.25) is 0 Å². The van der Waals surface area contributed by atoms with Gasteiger partial charge in [-0.25, -0.2) is 4.99 Å². The molecule has 4 aromatic rings. The maximum Gasteiger partial charge on any atom is 0.0886 e. The average molecular weight is 369 g/mol. The van der Waals surface area contributed by atoms with Gasteiger partial charge >= 0.3 is 0 Å². The van der Waals surface area contributed by atoms with Gasteiger partial charge in [0.05, 0.1) is 16.8 Å². The van der Waals surface area contributed by atoms with E-state index in [9.17, 15) is 0 Å². The Balaban J connectivity index is 1.78. The van der Waals surface area contributed by atoms with Crippen LogP contribution in [0.5, 0.6) is 0 Å². The van der Waals surface area contributed by atoms with Crippen molar-refractivity contribution in [3.8, 4) is 11.8 Å². The molecule has 0 bridgehead atoms. The normalized spacial score (nSPS) is 9.66. The predicted molar refractivity (Wildman–Crippen MR) is 121 cm³/mol. The van der Waals surface area contributed by atoms with Crippen molar-refractivity contribution in [2.75, 3.05) is 0 Å². The largest absolute Gasteiger partial charge is 0.204 e. The highest BCUT2D eigenvalue weighted by Gasteiger charge is 2.04. The van der Waals surface area contributed by atoms with Crippen LogP contribution in [0.1, 0.15) is 22.3 Å². The van der Waals surface area contributed by atoms with Crippen LogP contribution in [0.2, 0.25) is 0 Å². The summed E-state index contributed by atoms with van der Waals surface area (Å²) in [5, 5.41) is 0. The van der Waals surface area contributed by atoms with E-state index < -0.39 is 0 Å². The molecule has 1 heteroatoms. The van der Waals surface area contributed by atoms with Crippen LogP contribution < -0.4 is 0 Å². The summed E-state index contributed by atoms with van der Waals surface area (Å²) in [6, 6.07) is 38.3. The molecule has 0 atom stereocenters. The lowest BCUT2D eigenvalue weighted by Crippen LogP contribution is -1.88. The first kappa shape index (κ1) is 18.3. The molecule has 0 aliphatic heterocycles. The van der Waals surface area contributed by atoms with Gasteiger partial charge in [-0.15, -0.1) is 0 Å². The van der Waals surface area contributed by atoms with Crippen molar-refractivity contribution in [1.29, 1.82) is 0 Å². The molecule has 0 aromatic heterocycles. The fourth-order valence-electron chi connectivity index (χ4n) is 2.96. The van der Waals surface area contributed by atoms with Crippen LogP contribution in [0.15, 0.2) is 120 Å². The molecule has 0 spiro atoms. The highest BCUT2D eigenvalue weighted by atomic mass is 14.7. The van der Waals surface area contributed by atoms with Gasteiger partial charge in [0, 0.05) is 5.56 Å². The molecule has 0 aliphatic carbocycles. The standard InChI is InChI=1S/C28H19N/c1-4-12-23(13-5-1)20-21-26-18-10-11-19-28(26)29-22-27(24-14-6-2-7-15-24)25-16-8-3-9-17-25/h1-19H. The molecule has 29 heavy (non-hydrogen) atoms. The smallest absolute Gasteiger partial charge is 0.0886 e. The summed E-state index contributed by atoms with van der Waals surface area (Å²) in [4.78, 5) is 4.68. The van der Waals surface area contributed by atoms with Gasteiger partial charge in [-0.2, -0.15) is 0 Å². The van der Waals surface area contributed by atoms with Gasteiger partial charge in [-0.05, 0) is 41.3 Å². The highest BCUT2D eigenvalue weighted by molar-refractivity contribution is 5.99. The number of hydrogen-bond donors (Lipinski definition) is 0. The summed E-state index contributed by atoms with van der Waals surface area (Å²) in [5.41, 5.74) is 5.78. The summed E-state index contributed by atoms with van der Waals surface area (Å²) in [5.74, 6) is 9.73. The Hall–Kier alpha value is -4.11. The zero-order valence-corrected chi connectivity index (χ0v) is 15.9. The molecule has 0 fully saturated rings. The van der Waals surface area contributed by atoms with E-state index in [2.05, 4.69) is 47.0 Å². The second kappa shape index (κ2) is 9.20. The van der Waals surface area contributed by atoms with Crippen LogP contribution in [0.3, 0.4) is 0 Å². The molecule has 0 unspecified atom stereocenters. The number of aliphatic imine (C=N–C) groups is 1. The molecule has 0 saturated carbocycles. The van der Waals surface area contributed by atoms with E-state index in [-0.39, 0.29) is 0 Å². The van der Waals surface area contributed by atoms with Crippen LogP contribution in [0, 0.1) is 11.8 Å². The minimum Gasteiger partial charge on any atom is -0.204 e. The number of para-hydroxylation sites is 1. The molecular weight excluding hydrogens is 350 g/mol. The van der Waals surface area contributed by atoms with Gasteiger partial charge < -0.3 is 0 Å². The molecule has 0 radical (unpaired) electrons. The van der Waals surface area contributed by atoms with Crippen molar-refractivity contribution in [2.45, 2.75) is 0 Å². The first-order chi connectivity index (χ1) is 14.4. The van der Waals surface area contributed by atoms with E-state index in [1.54, 1.807) is 0 Å². The minimum absolute atomic E-state index is 0.806. The molecule has 0 saturated heterocycles. The zero-order chi connectivity index (χ0) is 19.7. The summed E-state index contributed by atoms with van der Waals surface area (Å²) in [6.45, 7) is 0. The Labute approximate surface area is 171 Å². The van der Waals surface area contributed by atoms with E-state index >= 15 is 0 Å². The second-order valence-corrected chi connectivity index (χ2v) is 6.46. The van der Waals surface area contributed by atoms with E-state index in [4.69, 9.17) is 0 Å². The summed E-state index contributed by atoms with van der Waals surface area (Å²) in [7, 11) is 0. The Morgan fingerprint density at radius 3 is 1.66 bits per heavy atom. The Morgan fingerprint density at radius 2 is 1.03 bits per heavy atom. The molecular formula is C28H19N. The van der Waals surface area contributed by atoms with Gasteiger partial charge in [0.1, 0.15) is 0 Å². The van der Waals surface area contributed by atoms with Gasteiger partial charge in [-0.1, -0.05) is 103 Å². The fraction of sp³-hybridized carbons (Fsp3) is 0. The van der Waals surface area contributed by atoms with Crippen LogP contribution in [-0.4, -0.2) is 5.87 Å². The van der Waals surface area contributed by atoms with Crippen molar-refractivity contribution in [1.82, 2.24) is 0 Å². The zero-order valence-electron chi connectivity index (χ0n) is 15.9. The number of rotatable bonds is 3. The minimum atomic E-state index is 0.806. The highest BCUT2D eigenvalue weighted by Crippen LogP contribution is 2.22. The van der Waals surface area contributed by atoms with E-state index in [1.807, 2.05) is 91.0 Å². The average Bonchev–Trinajstić information content (AvgIpc) is 2.81. The fourth-order valence-corrected chi connectivity index (χ4v) is 2.96. The SMILES string of the molecule is C(=Nc1ccccc1C#Cc1ccccc1)=C(c1ccccc1)c1ccccc1. The summed E-state index contributed by atoms with van der Waals surface area (Å²) < 4.78 is 0. The third-order valence-corrected chi connectivity index (χ3v) is 4.43. The van der Waals surface area contributed by atoms with Gasteiger partial charge in [0.25, 0.3) is 0 Å². The summed E-state index contributed by atoms with van der Waals surface area (Å²) >= 11 is 0. The van der Waals surface area contributed by atoms with Crippen molar-refractivity contribution >= 4 is 17.1 Å². The molecule has 4 rings (SSSR count). The maximum atomic E-state index is 4.68. The van der Waals surface area contributed by atoms with Crippen LogP contribution in [0.4, 0.5) is 5.69 Å². The molecule has 0 aliphatic rings. The Morgan fingerprint density at radius 1 is 0.517 bits per heavy atom. The first-order valence-corrected chi connectivity index (χ1v) is 9.51. The van der Waals surface area contributed by atoms with Crippen molar-refractivity contribution < 1.29 is 0 Å². The number of hydrogen-bond acceptors (Lipinski definition) is 1. The van der Waals surface area contributed by atoms with E-state index in [1.165, 1.54) is 0 Å². The quantitative estimate of drug-likeness (QED) is 0.288. The maximum absolute atomic E-state index is 4.68. The summed E-state index contributed by atoms with van der Waals surface area (Å²) in [6.07, 6.45) is 0. The first-order valence-electron chi connectivity index (χ1n) is 9.51. The lowest BCUT2D eigenvalue weighted by molar-refractivity contribution is 1.50. The van der Waals surface area contributed by atoms with Crippen LogP contribution in [-0.2, 0) is 0 Å². The van der Waals surface area contributed by atoms with Crippen molar-refractivity contribution in [3.63, 3.8) is 0 Å². The van der Waals surface area contributed by atoms with E-state index in [0.29, 0.717) is 0 Å². The van der Waals surface area contributed by atoms with E-state index in [0.717, 1.165) is 33.5 Å². The predicted octanol–water partition coefficient (Wildman–Crippen LogP) is 6.52. The molecule has 4 aromatic carbocycles. The lowest BCUT2D eigenvalue weighted by atomic mass is 9.99. The Bertz CT molecular complexity index is 1160. The van der Waals surface area contributed by atoms with Crippen molar-refractivity contribution in [3.05, 3.63) is 138 Å². The molecule has 136 valence electrons. The Kier molecular flexibility index (Phi) is 5.79. The lowest BCUT2D eigenvalue weighted by Gasteiger charge is -2.04. The van der Waals surface area contributed by atoms with Gasteiger partial charge in [-0.3, -0.25) is 0 Å². The third-order valence-electron chi connectivity index (χ3n) is 4.43. The molecule has 1 nitrogen and oxygen atoms in total. The second-order valence-electron chi connectivity index (χ2n) is 6.46. The number of nitrogens with zero attached hydrogens (tertiary/aromatic N) is 1. The topological polar surface area (TPSA) is 12.4 Å².